The van der Waals surface area contributed by atoms with Gasteiger partial charge in [0.05, 0.1) is 11.9 Å². The highest BCUT2D eigenvalue weighted by atomic mass is 32.1. The molecule has 7 nitrogen and oxygen atoms in total. The first kappa shape index (κ1) is 17.8. The SMILES string of the molecule is Cc1ccc(-c2csc3nc(Cn4c(-c5ccccc5)noc4=O)[nH]c(=O)c23)s1. The number of H-pyrrole nitrogens is 1. The number of aryl methyl sites for hydroxylation is 1. The molecule has 0 radical (unpaired) electrons. The molecule has 4 aromatic heterocycles. The van der Waals surface area contributed by atoms with Crippen LogP contribution in [0, 0.1) is 6.92 Å². The van der Waals surface area contributed by atoms with Gasteiger partial charge in [-0.1, -0.05) is 35.5 Å². The van der Waals surface area contributed by atoms with Crippen LogP contribution in [0.3, 0.4) is 0 Å². The van der Waals surface area contributed by atoms with E-state index in [1.807, 2.05) is 54.8 Å². The molecule has 0 saturated heterocycles. The molecule has 29 heavy (non-hydrogen) atoms. The maximum atomic E-state index is 12.8. The first-order valence-electron chi connectivity index (χ1n) is 8.79. The smallest absolute Gasteiger partial charge is 0.308 e. The third kappa shape index (κ3) is 3.14. The van der Waals surface area contributed by atoms with Gasteiger partial charge >= 0.3 is 5.76 Å². The summed E-state index contributed by atoms with van der Waals surface area (Å²) in [5, 5.41) is 6.39. The number of nitrogens with zero attached hydrogens (tertiary/aromatic N) is 3. The van der Waals surface area contributed by atoms with Gasteiger partial charge in [0.1, 0.15) is 10.7 Å². The quantitative estimate of drug-likeness (QED) is 0.474. The van der Waals surface area contributed by atoms with Gasteiger partial charge in [-0.15, -0.1) is 22.7 Å². The van der Waals surface area contributed by atoms with E-state index in [0.29, 0.717) is 21.9 Å². The fourth-order valence-corrected chi connectivity index (χ4v) is 5.10. The number of rotatable bonds is 4. The van der Waals surface area contributed by atoms with E-state index in [0.717, 1.165) is 16.0 Å². The highest BCUT2D eigenvalue weighted by molar-refractivity contribution is 7.19. The summed E-state index contributed by atoms with van der Waals surface area (Å²) in [5.74, 6) is 0.160. The summed E-state index contributed by atoms with van der Waals surface area (Å²) in [6.45, 7) is 2.09. The summed E-state index contributed by atoms with van der Waals surface area (Å²) in [6.07, 6.45) is 0. The molecule has 5 aromatic rings. The average molecular weight is 422 g/mol. The molecule has 0 saturated carbocycles. The van der Waals surface area contributed by atoms with Crippen LogP contribution in [0.1, 0.15) is 10.7 Å². The van der Waals surface area contributed by atoms with Gasteiger partial charge in [-0.05, 0) is 19.1 Å². The van der Waals surface area contributed by atoms with Gasteiger partial charge in [-0.25, -0.2) is 14.3 Å². The number of hydrogen-bond acceptors (Lipinski definition) is 7. The lowest BCUT2D eigenvalue weighted by atomic mass is 10.2. The maximum Gasteiger partial charge on any atom is 0.442 e. The minimum Gasteiger partial charge on any atom is -0.308 e. The Bertz CT molecular complexity index is 1440. The minimum atomic E-state index is -0.604. The van der Waals surface area contributed by atoms with E-state index in [2.05, 4.69) is 15.1 Å². The van der Waals surface area contributed by atoms with Gasteiger partial charge in [-0.2, -0.15) is 0 Å². The van der Waals surface area contributed by atoms with Crippen molar-refractivity contribution in [1.29, 1.82) is 0 Å². The Morgan fingerprint density at radius 1 is 1.14 bits per heavy atom. The van der Waals surface area contributed by atoms with Gasteiger partial charge in [-0.3, -0.25) is 9.32 Å². The normalized spacial score (nSPS) is 11.3. The second-order valence-corrected chi connectivity index (χ2v) is 8.62. The average Bonchev–Trinajstić information content (AvgIpc) is 3.42. The zero-order valence-corrected chi connectivity index (χ0v) is 16.8. The molecule has 0 amide bonds. The van der Waals surface area contributed by atoms with Gasteiger partial charge in [0.2, 0.25) is 0 Å². The second-order valence-electron chi connectivity index (χ2n) is 6.48. The predicted octanol–water partition coefficient (Wildman–Crippen LogP) is 3.89. The van der Waals surface area contributed by atoms with Crippen molar-refractivity contribution < 1.29 is 4.52 Å². The van der Waals surface area contributed by atoms with Crippen molar-refractivity contribution in [3.05, 3.63) is 79.5 Å². The number of aromatic nitrogens is 4. The molecule has 0 aliphatic rings. The van der Waals surface area contributed by atoms with Crippen LogP contribution >= 0.6 is 22.7 Å². The molecule has 1 aromatic carbocycles. The lowest BCUT2D eigenvalue weighted by Crippen LogP contribution is -2.20. The van der Waals surface area contributed by atoms with E-state index >= 15 is 0 Å². The Hall–Kier alpha value is -3.30. The molecule has 1 N–H and O–H groups in total. The van der Waals surface area contributed by atoms with Crippen molar-refractivity contribution in [2.24, 2.45) is 0 Å². The molecule has 4 heterocycles. The number of aromatic amines is 1. The van der Waals surface area contributed by atoms with Crippen LogP contribution in [0.15, 0.2) is 62.0 Å². The Morgan fingerprint density at radius 2 is 1.97 bits per heavy atom. The summed E-state index contributed by atoms with van der Waals surface area (Å²) in [6, 6.07) is 13.3. The molecule has 0 atom stereocenters. The van der Waals surface area contributed by atoms with Crippen LogP contribution in [0.5, 0.6) is 0 Å². The first-order chi connectivity index (χ1) is 14.1. The third-order valence-corrected chi connectivity index (χ3v) is 6.43. The van der Waals surface area contributed by atoms with Crippen LogP contribution in [0.4, 0.5) is 0 Å². The molecule has 9 heteroatoms. The summed E-state index contributed by atoms with van der Waals surface area (Å²) >= 11 is 3.05. The van der Waals surface area contributed by atoms with Crippen molar-refractivity contribution in [1.82, 2.24) is 19.7 Å². The Kier molecular flexibility index (Phi) is 4.26. The molecule has 0 unspecified atom stereocenters. The zero-order valence-electron chi connectivity index (χ0n) is 15.2. The Balaban J connectivity index is 1.58. The van der Waals surface area contributed by atoms with Crippen molar-refractivity contribution in [2.45, 2.75) is 13.5 Å². The van der Waals surface area contributed by atoms with Crippen molar-refractivity contribution in [3.63, 3.8) is 0 Å². The highest BCUT2D eigenvalue weighted by Gasteiger charge is 2.17. The molecular formula is C20H14N4O3S2. The van der Waals surface area contributed by atoms with Crippen molar-refractivity contribution in [2.75, 3.05) is 0 Å². The number of nitrogens with one attached hydrogen (secondary N) is 1. The van der Waals surface area contributed by atoms with Gasteiger partial charge < -0.3 is 4.98 Å². The van der Waals surface area contributed by atoms with E-state index < -0.39 is 5.76 Å². The molecule has 144 valence electrons. The monoisotopic (exact) mass is 422 g/mol. The third-order valence-electron chi connectivity index (χ3n) is 4.52. The number of benzene rings is 1. The number of thiophene rings is 2. The minimum absolute atomic E-state index is 0.0586. The predicted molar refractivity (Wildman–Crippen MR) is 114 cm³/mol. The standard InChI is InChI=1S/C20H14N4O3S2/c1-11-7-8-14(29-11)13-10-28-19-16(13)18(25)21-15(22-19)9-24-17(23-27-20(24)26)12-5-3-2-4-6-12/h2-8,10H,9H2,1H3,(H,21,22,25). The molecular weight excluding hydrogens is 408 g/mol. The number of hydrogen-bond donors (Lipinski definition) is 1. The lowest BCUT2D eigenvalue weighted by Gasteiger charge is -2.05. The van der Waals surface area contributed by atoms with E-state index in [1.54, 1.807) is 11.3 Å². The molecule has 0 aliphatic heterocycles. The molecule has 0 spiro atoms. The van der Waals surface area contributed by atoms with Gasteiger partial charge in [0.25, 0.3) is 5.56 Å². The van der Waals surface area contributed by atoms with Gasteiger partial charge in [0, 0.05) is 26.3 Å². The van der Waals surface area contributed by atoms with Crippen LogP contribution in [-0.4, -0.2) is 19.7 Å². The van der Waals surface area contributed by atoms with E-state index in [4.69, 9.17) is 4.52 Å². The van der Waals surface area contributed by atoms with Crippen LogP contribution < -0.4 is 11.3 Å². The fourth-order valence-electron chi connectivity index (χ4n) is 3.18. The van der Waals surface area contributed by atoms with Crippen molar-refractivity contribution in [3.8, 4) is 21.8 Å². The Labute approximate surface area is 171 Å². The van der Waals surface area contributed by atoms with Gasteiger partial charge in [0.15, 0.2) is 5.82 Å². The van der Waals surface area contributed by atoms with Crippen LogP contribution in [0.25, 0.3) is 32.0 Å². The summed E-state index contributed by atoms with van der Waals surface area (Å²) < 4.78 is 6.20. The topological polar surface area (TPSA) is 93.8 Å². The summed E-state index contributed by atoms with van der Waals surface area (Å²) in [7, 11) is 0. The second kappa shape index (κ2) is 6.94. The first-order valence-corrected chi connectivity index (χ1v) is 10.5. The highest BCUT2D eigenvalue weighted by Crippen LogP contribution is 2.35. The molecule has 0 aliphatic carbocycles. The van der Waals surface area contributed by atoms with Crippen LogP contribution in [-0.2, 0) is 6.54 Å². The largest absolute Gasteiger partial charge is 0.442 e. The van der Waals surface area contributed by atoms with E-state index in [1.165, 1.54) is 20.8 Å². The number of fused-ring (bicyclic) bond motifs is 1. The van der Waals surface area contributed by atoms with Crippen LogP contribution in [0.2, 0.25) is 0 Å². The lowest BCUT2D eigenvalue weighted by molar-refractivity contribution is 0.377. The Morgan fingerprint density at radius 3 is 2.72 bits per heavy atom. The molecule has 5 rings (SSSR count). The van der Waals surface area contributed by atoms with Crippen molar-refractivity contribution >= 4 is 32.9 Å². The fraction of sp³-hybridized carbons (Fsp3) is 0.100. The van der Waals surface area contributed by atoms with E-state index in [-0.39, 0.29) is 12.1 Å². The molecule has 0 bridgehead atoms. The zero-order chi connectivity index (χ0) is 20.0. The summed E-state index contributed by atoms with van der Waals surface area (Å²) in [4.78, 5) is 35.2. The maximum absolute atomic E-state index is 12.8. The molecule has 0 fully saturated rings. The summed E-state index contributed by atoms with van der Waals surface area (Å²) in [5.41, 5.74) is 1.40. The van der Waals surface area contributed by atoms with E-state index in [9.17, 15) is 9.59 Å².